The van der Waals surface area contributed by atoms with Crippen LogP contribution in [0.15, 0.2) is 0 Å². The molecule has 5 heteroatoms. The standard InChI is InChI=1S/C2H6O4Te/c3-1-2-6-7(4)5/h3,7H,1-2H2. The summed E-state index contributed by atoms with van der Waals surface area (Å²) in [5.74, 6) is 0. The van der Waals surface area contributed by atoms with Crippen molar-refractivity contribution in [3.05, 3.63) is 0 Å². The molecule has 0 aromatic rings. The third-order valence-electron chi connectivity index (χ3n) is 0.288. The molecule has 0 saturated heterocycles. The Bertz CT molecular complexity index is 87.9. The van der Waals surface area contributed by atoms with Crippen molar-refractivity contribution in [2.24, 2.45) is 0 Å². The Balaban J connectivity index is 2.98. The van der Waals surface area contributed by atoms with Crippen LogP contribution in [-0.4, -0.2) is 38.3 Å². The van der Waals surface area contributed by atoms with Gasteiger partial charge in [0.05, 0.1) is 0 Å². The van der Waals surface area contributed by atoms with E-state index in [1.54, 1.807) is 0 Å². The van der Waals surface area contributed by atoms with E-state index in [4.69, 9.17) is 5.11 Å². The van der Waals surface area contributed by atoms with Gasteiger partial charge in [-0.25, -0.2) is 0 Å². The van der Waals surface area contributed by atoms with Crippen LogP contribution in [0.4, 0.5) is 0 Å². The third kappa shape index (κ3) is 6.31. The minimum atomic E-state index is -3.70. The summed E-state index contributed by atoms with van der Waals surface area (Å²) in [5, 5.41) is 7.94. The molecule has 0 radical (unpaired) electrons. The molecule has 0 unspecified atom stereocenters. The van der Waals surface area contributed by atoms with Crippen LogP contribution in [-0.2, 0) is 9.31 Å². The molecule has 0 amide bonds. The van der Waals surface area contributed by atoms with E-state index in [-0.39, 0.29) is 13.2 Å². The summed E-state index contributed by atoms with van der Waals surface area (Å²) in [6, 6.07) is 0. The van der Waals surface area contributed by atoms with Gasteiger partial charge >= 0.3 is 47.6 Å². The molecule has 0 saturated carbocycles. The summed E-state index contributed by atoms with van der Waals surface area (Å²) in [5.41, 5.74) is 0. The zero-order chi connectivity index (χ0) is 5.70. The van der Waals surface area contributed by atoms with Gasteiger partial charge in [0.1, 0.15) is 0 Å². The van der Waals surface area contributed by atoms with Gasteiger partial charge in [-0.3, -0.25) is 0 Å². The van der Waals surface area contributed by atoms with Crippen molar-refractivity contribution in [1.29, 1.82) is 0 Å². The van der Waals surface area contributed by atoms with Gasteiger partial charge in [0.25, 0.3) is 0 Å². The quantitative estimate of drug-likeness (QED) is 0.594. The Hall–Kier alpha value is 0.310. The molecular formula is C2H6O4Te. The van der Waals surface area contributed by atoms with Crippen molar-refractivity contribution in [3.8, 4) is 0 Å². The van der Waals surface area contributed by atoms with Crippen LogP contribution in [0.2, 0.25) is 0 Å². The molecule has 0 heterocycles. The van der Waals surface area contributed by atoms with Gasteiger partial charge < -0.3 is 0 Å². The third-order valence-corrected chi connectivity index (χ3v) is 1.41. The van der Waals surface area contributed by atoms with Crippen LogP contribution in [0.25, 0.3) is 0 Å². The van der Waals surface area contributed by atoms with E-state index in [0.717, 1.165) is 0 Å². The molecule has 0 spiro atoms. The molecule has 0 aliphatic carbocycles. The second-order valence-corrected chi connectivity index (χ2v) is 2.79. The zero-order valence-electron chi connectivity index (χ0n) is 3.53. The molecule has 0 fully saturated rings. The maximum absolute atomic E-state index is 9.58. The average Bonchev–Trinajstić information content (AvgIpc) is 1.61. The second-order valence-electron chi connectivity index (χ2n) is 0.780. The van der Waals surface area contributed by atoms with Gasteiger partial charge in [-0.2, -0.15) is 0 Å². The van der Waals surface area contributed by atoms with E-state index in [1.807, 2.05) is 0 Å². The normalized spacial score (nSPS) is 10.0. The average molecular weight is 222 g/mol. The first kappa shape index (κ1) is 7.31. The van der Waals surface area contributed by atoms with Gasteiger partial charge in [0, 0.05) is 0 Å². The van der Waals surface area contributed by atoms with Crippen LogP contribution in [0.3, 0.4) is 0 Å². The monoisotopic (exact) mass is 224 g/mol. The first-order chi connectivity index (χ1) is 3.27. The summed E-state index contributed by atoms with van der Waals surface area (Å²) in [4.78, 5) is 0. The van der Waals surface area contributed by atoms with E-state index in [9.17, 15) is 6.21 Å². The molecular weight excluding hydrogens is 216 g/mol. The summed E-state index contributed by atoms with van der Waals surface area (Å²) >= 11 is -3.70. The van der Waals surface area contributed by atoms with Gasteiger partial charge in [0.15, 0.2) is 0 Å². The Labute approximate surface area is 48.0 Å². The van der Waals surface area contributed by atoms with Crippen molar-refractivity contribution < 1.29 is 14.4 Å². The number of rotatable bonds is 3. The molecule has 4 nitrogen and oxygen atoms in total. The SMILES string of the molecule is O=[TeH](=O)OCCO. The van der Waals surface area contributed by atoms with Gasteiger partial charge in [0.2, 0.25) is 0 Å². The van der Waals surface area contributed by atoms with Crippen LogP contribution in [0, 0.1) is 0 Å². The minimum absolute atomic E-state index is 0.0875. The number of hydrogen-bond acceptors (Lipinski definition) is 4. The predicted molar refractivity (Wildman–Crippen MR) is 21.6 cm³/mol. The fraction of sp³-hybridized carbons (Fsp3) is 1.00. The van der Waals surface area contributed by atoms with Gasteiger partial charge in [-0.15, -0.1) is 0 Å². The van der Waals surface area contributed by atoms with E-state index < -0.39 is 19.9 Å². The summed E-state index contributed by atoms with van der Waals surface area (Å²) in [6.45, 7) is -0.318. The van der Waals surface area contributed by atoms with Crippen LogP contribution in [0.1, 0.15) is 0 Å². The van der Waals surface area contributed by atoms with Gasteiger partial charge in [-0.1, -0.05) is 0 Å². The van der Waals surface area contributed by atoms with E-state index in [2.05, 4.69) is 3.10 Å². The van der Waals surface area contributed by atoms with Crippen LogP contribution >= 0.6 is 0 Å². The van der Waals surface area contributed by atoms with Gasteiger partial charge in [-0.05, 0) is 0 Å². The molecule has 0 aliphatic rings. The van der Waals surface area contributed by atoms with Crippen molar-refractivity contribution in [2.75, 3.05) is 13.2 Å². The Morgan fingerprint density at radius 2 is 2.14 bits per heavy atom. The van der Waals surface area contributed by atoms with Crippen molar-refractivity contribution in [1.82, 2.24) is 0 Å². The molecule has 0 rings (SSSR count). The Morgan fingerprint density at radius 3 is 2.29 bits per heavy atom. The molecule has 0 aliphatic heterocycles. The summed E-state index contributed by atoms with van der Waals surface area (Å²) < 4.78 is 23.2. The summed E-state index contributed by atoms with van der Waals surface area (Å²) in [7, 11) is 0. The maximum atomic E-state index is 9.58. The molecule has 1 N–H and O–H groups in total. The first-order valence-electron chi connectivity index (χ1n) is 1.65. The fourth-order valence-electron chi connectivity index (χ4n) is 0.115. The van der Waals surface area contributed by atoms with E-state index in [0.29, 0.717) is 0 Å². The predicted octanol–water partition coefficient (Wildman–Crippen LogP) is -1.43. The molecule has 0 atom stereocenters. The van der Waals surface area contributed by atoms with Crippen molar-refractivity contribution >= 4 is 19.9 Å². The fourth-order valence-corrected chi connectivity index (χ4v) is 0.774. The number of aliphatic hydroxyl groups excluding tert-OH is 1. The Kier molecular flexibility index (Phi) is 4.67. The summed E-state index contributed by atoms with van der Waals surface area (Å²) in [6.07, 6.45) is 0. The zero-order valence-corrected chi connectivity index (χ0v) is 6.09. The van der Waals surface area contributed by atoms with Crippen LogP contribution in [0.5, 0.6) is 0 Å². The molecule has 0 aromatic heterocycles. The molecule has 0 aromatic carbocycles. The molecule has 0 bridgehead atoms. The number of aliphatic hydroxyl groups is 1. The topological polar surface area (TPSA) is 63.6 Å². The first-order valence-corrected chi connectivity index (χ1v) is 4.78. The Morgan fingerprint density at radius 1 is 1.57 bits per heavy atom. The van der Waals surface area contributed by atoms with E-state index in [1.165, 1.54) is 0 Å². The molecule has 44 valence electrons. The van der Waals surface area contributed by atoms with Crippen molar-refractivity contribution in [2.45, 2.75) is 0 Å². The van der Waals surface area contributed by atoms with E-state index >= 15 is 0 Å². The number of hydrogen-bond donors (Lipinski definition) is 1. The molecule has 7 heavy (non-hydrogen) atoms. The van der Waals surface area contributed by atoms with Crippen LogP contribution < -0.4 is 0 Å². The second kappa shape index (κ2) is 4.47. The van der Waals surface area contributed by atoms with Crippen molar-refractivity contribution in [3.63, 3.8) is 0 Å².